The van der Waals surface area contributed by atoms with Crippen LogP contribution in [0.1, 0.15) is 44.6 Å². The normalized spacial score (nSPS) is 20.8. The van der Waals surface area contributed by atoms with Crippen molar-refractivity contribution < 1.29 is 14.3 Å². The van der Waals surface area contributed by atoms with Gasteiger partial charge in [0, 0.05) is 23.8 Å². The molecular formula is C16H22O3. The maximum absolute atomic E-state index is 12.1. The van der Waals surface area contributed by atoms with Crippen molar-refractivity contribution in [2.45, 2.75) is 39.0 Å². The second-order valence-corrected chi connectivity index (χ2v) is 5.15. The van der Waals surface area contributed by atoms with Crippen LogP contribution in [-0.2, 0) is 4.79 Å². The molecule has 1 unspecified atom stereocenters. The topological polar surface area (TPSA) is 35.5 Å². The Morgan fingerprint density at radius 1 is 1.21 bits per heavy atom. The molecular weight excluding hydrogens is 240 g/mol. The Hall–Kier alpha value is -1.51. The Kier molecular flexibility index (Phi) is 3.83. The van der Waals surface area contributed by atoms with Gasteiger partial charge in [-0.25, -0.2) is 0 Å². The summed E-state index contributed by atoms with van der Waals surface area (Å²) in [5, 5.41) is 0. The number of hydrogen-bond donors (Lipinski definition) is 0. The molecule has 1 atom stereocenters. The summed E-state index contributed by atoms with van der Waals surface area (Å²) in [5.74, 6) is 2.27. The van der Waals surface area contributed by atoms with E-state index in [2.05, 4.69) is 13.8 Å². The van der Waals surface area contributed by atoms with Crippen LogP contribution in [-0.4, -0.2) is 20.0 Å². The van der Waals surface area contributed by atoms with E-state index in [1.165, 1.54) is 0 Å². The molecule has 1 aromatic rings. The van der Waals surface area contributed by atoms with Crippen LogP contribution in [0.2, 0.25) is 0 Å². The second kappa shape index (κ2) is 5.24. The van der Waals surface area contributed by atoms with E-state index in [-0.39, 0.29) is 11.3 Å². The largest absolute Gasteiger partial charge is 0.497 e. The zero-order valence-electron chi connectivity index (χ0n) is 12.2. The first-order valence-electron chi connectivity index (χ1n) is 6.88. The van der Waals surface area contributed by atoms with Crippen LogP contribution in [0.3, 0.4) is 0 Å². The van der Waals surface area contributed by atoms with Gasteiger partial charge in [-0.3, -0.25) is 4.79 Å². The quantitative estimate of drug-likeness (QED) is 0.813. The van der Waals surface area contributed by atoms with E-state index in [0.29, 0.717) is 12.2 Å². The van der Waals surface area contributed by atoms with Gasteiger partial charge in [0.1, 0.15) is 17.3 Å². The lowest BCUT2D eigenvalue weighted by Crippen LogP contribution is -2.47. The average molecular weight is 262 g/mol. The average Bonchev–Trinajstić information content (AvgIpc) is 2.45. The van der Waals surface area contributed by atoms with Crippen molar-refractivity contribution in [3.63, 3.8) is 0 Å². The third-order valence-electron chi connectivity index (χ3n) is 4.69. The number of Topliss-reactive ketones (excluding diaryl/α,β-unsaturated/α-hetero) is 1. The molecule has 1 saturated carbocycles. The fourth-order valence-electron chi connectivity index (χ4n) is 3.30. The minimum Gasteiger partial charge on any atom is -0.497 e. The van der Waals surface area contributed by atoms with E-state index in [1.807, 2.05) is 18.2 Å². The van der Waals surface area contributed by atoms with Crippen molar-refractivity contribution >= 4 is 5.78 Å². The number of methoxy groups -OCH3 is 2. The monoisotopic (exact) mass is 262 g/mol. The molecule has 0 saturated heterocycles. The maximum Gasteiger partial charge on any atom is 0.140 e. The third kappa shape index (κ3) is 2.01. The Morgan fingerprint density at radius 2 is 1.89 bits per heavy atom. The predicted octanol–water partition coefficient (Wildman–Crippen LogP) is 3.57. The number of rotatable bonds is 5. The molecule has 1 aliphatic rings. The summed E-state index contributed by atoms with van der Waals surface area (Å²) in [6, 6.07) is 5.87. The number of hydrogen-bond acceptors (Lipinski definition) is 3. The summed E-state index contributed by atoms with van der Waals surface area (Å²) >= 11 is 0. The number of carbonyl (C=O) groups excluding carboxylic acids is 1. The van der Waals surface area contributed by atoms with E-state index in [0.717, 1.165) is 29.9 Å². The summed E-state index contributed by atoms with van der Waals surface area (Å²) in [5.41, 5.74) is 0.939. The summed E-state index contributed by atoms with van der Waals surface area (Å²) in [6.07, 6.45) is 2.41. The summed E-state index contributed by atoms with van der Waals surface area (Å²) in [7, 11) is 3.31. The van der Waals surface area contributed by atoms with E-state index < -0.39 is 0 Å². The minimum atomic E-state index is -0.193. The Bertz CT molecular complexity index is 475. The predicted molar refractivity (Wildman–Crippen MR) is 74.9 cm³/mol. The Labute approximate surface area is 114 Å². The van der Waals surface area contributed by atoms with E-state index in [9.17, 15) is 4.79 Å². The first-order valence-corrected chi connectivity index (χ1v) is 6.88. The molecule has 3 nitrogen and oxygen atoms in total. The minimum absolute atomic E-state index is 0.193. The van der Waals surface area contributed by atoms with Crippen LogP contribution in [0.25, 0.3) is 0 Å². The molecule has 1 fully saturated rings. The molecule has 104 valence electrons. The fourth-order valence-corrected chi connectivity index (χ4v) is 3.30. The number of ketones is 1. The van der Waals surface area contributed by atoms with Crippen molar-refractivity contribution in [2.75, 3.05) is 14.2 Å². The molecule has 0 spiro atoms. The zero-order valence-corrected chi connectivity index (χ0v) is 12.2. The van der Waals surface area contributed by atoms with Gasteiger partial charge >= 0.3 is 0 Å². The molecule has 0 aromatic heterocycles. The third-order valence-corrected chi connectivity index (χ3v) is 4.69. The molecule has 0 N–H and O–H groups in total. The molecule has 0 bridgehead atoms. The van der Waals surface area contributed by atoms with Crippen molar-refractivity contribution in [3.05, 3.63) is 23.8 Å². The summed E-state index contributed by atoms with van der Waals surface area (Å²) in [4.78, 5) is 12.1. The first-order chi connectivity index (χ1) is 9.12. The van der Waals surface area contributed by atoms with Gasteiger partial charge in [0.2, 0.25) is 0 Å². The van der Waals surface area contributed by atoms with Crippen molar-refractivity contribution in [2.24, 2.45) is 5.41 Å². The molecule has 3 heteroatoms. The number of carbonyl (C=O) groups is 1. The van der Waals surface area contributed by atoms with Crippen LogP contribution >= 0.6 is 0 Å². The molecule has 0 aliphatic heterocycles. The van der Waals surface area contributed by atoms with Gasteiger partial charge < -0.3 is 9.47 Å². The lowest BCUT2D eigenvalue weighted by molar-refractivity contribution is -0.141. The SMILES string of the molecule is CCC1(CC)C(=O)CC1c1ccc(OC)cc1OC. The standard InChI is InChI=1S/C16H22O3/c1-5-16(6-2)13(10-15(16)17)12-8-7-11(18-3)9-14(12)19-4/h7-9,13H,5-6,10H2,1-4H3. The highest BCUT2D eigenvalue weighted by atomic mass is 16.5. The van der Waals surface area contributed by atoms with E-state index >= 15 is 0 Å². The van der Waals surface area contributed by atoms with Crippen LogP contribution in [0, 0.1) is 5.41 Å². The Balaban J connectivity index is 2.40. The van der Waals surface area contributed by atoms with Crippen LogP contribution < -0.4 is 9.47 Å². The highest BCUT2D eigenvalue weighted by Gasteiger charge is 2.53. The first kappa shape index (κ1) is 13.9. The van der Waals surface area contributed by atoms with Gasteiger partial charge in [0.15, 0.2) is 0 Å². The molecule has 0 radical (unpaired) electrons. The van der Waals surface area contributed by atoms with Crippen molar-refractivity contribution in [1.82, 2.24) is 0 Å². The molecule has 1 aliphatic carbocycles. The maximum atomic E-state index is 12.1. The van der Waals surface area contributed by atoms with Crippen molar-refractivity contribution in [3.8, 4) is 11.5 Å². The summed E-state index contributed by atoms with van der Waals surface area (Å²) < 4.78 is 10.7. The molecule has 0 heterocycles. The highest BCUT2D eigenvalue weighted by Crippen LogP contribution is 2.56. The highest BCUT2D eigenvalue weighted by molar-refractivity contribution is 5.93. The fraction of sp³-hybridized carbons (Fsp3) is 0.562. The van der Waals surface area contributed by atoms with E-state index in [1.54, 1.807) is 14.2 Å². The van der Waals surface area contributed by atoms with Crippen LogP contribution in [0.4, 0.5) is 0 Å². The second-order valence-electron chi connectivity index (χ2n) is 5.15. The Morgan fingerprint density at radius 3 is 2.37 bits per heavy atom. The summed E-state index contributed by atoms with van der Waals surface area (Å²) in [6.45, 7) is 4.20. The molecule has 2 rings (SSSR count). The van der Waals surface area contributed by atoms with Crippen LogP contribution in [0.15, 0.2) is 18.2 Å². The molecule has 1 aromatic carbocycles. The van der Waals surface area contributed by atoms with Gasteiger partial charge in [0.05, 0.1) is 14.2 Å². The molecule has 19 heavy (non-hydrogen) atoms. The number of ether oxygens (including phenoxy) is 2. The van der Waals surface area contributed by atoms with E-state index in [4.69, 9.17) is 9.47 Å². The lowest BCUT2D eigenvalue weighted by Gasteiger charge is -2.47. The molecule has 0 amide bonds. The van der Waals surface area contributed by atoms with Gasteiger partial charge in [-0.15, -0.1) is 0 Å². The van der Waals surface area contributed by atoms with Gasteiger partial charge in [-0.2, -0.15) is 0 Å². The lowest BCUT2D eigenvalue weighted by atomic mass is 9.54. The number of benzene rings is 1. The van der Waals surface area contributed by atoms with Crippen LogP contribution in [0.5, 0.6) is 11.5 Å². The van der Waals surface area contributed by atoms with Crippen molar-refractivity contribution in [1.29, 1.82) is 0 Å². The van der Waals surface area contributed by atoms with Gasteiger partial charge in [0.25, 0.3) is 0 Å². The van der Waals surface area contributed by atoms with Gasteiger partial charge in [-0.05, 0) is 24.5 Å². The smallest absolute Gasteiger partial charge is 0.140 e. The van der Waals surface area contributed by atoms with Gasteiger partial charge in [-0.1, -0.05) is 19.9 Å². The zero-order chi connectivity index (χ0) is 14.0.